The van der Waals surface area contributed by atoms with Crippen molar-refractivity contribution in [3.05, 3.63) is 0 Å². The molecule has 0 saturated carbocycles. The van der Waals surface area contributed by atoms with Crippen LogP contribution < -0.4 is 0 Å². The van der Waals surface area contributed by atoms with Crippen molar-refractivity contribution in [3.8, 4) is 0 Å². The molecule has 0 heterocycles. The van der Waals surface area contributed by atoms with Crippen molar-refractivity contribution in [3.63, 3.8) is 0 Å². The molecule has 0 atom stereocenters. The largest absolute Gasteiger partial charge is 0.374 e. The molecule has 2 heteroatoms. The molecule has 0 fully saturated rings. The lowest BCUT2D eigenvalue weighted by atomic mass is 10.1. The fourth-order valence-electron chi connectivity index (χ4n) is 1.63. The number of Topliss-reactive ketones (excluding diaryl/α,β-unsaturated/α-hetero) is 1. The number of rotatable bonds is 10. The summed E-state index contributed by atoms with van der Waals surface area (Å²) in [5.74, 6) is 1.48. The lowest BCUT2D eigenvalue weighted by molar-refractivity contribution is -0.124. The Labute approximate surface area is 101 Å². The van der Waals surface area contributed by atoms with Crippen LogP contribution >= 0.6 is 0 Å². The number of ketones is 1. The minimum Gasteiger partial charge on any atom is -0.374 e. The average Bonchev–Trinajstić information content (AvgIpc) is 2.14. The molecule has 0 aliphatic carbocycles. The highest BCUT2D eigenvalue weighted by molar-refractivity contribution is 5.79. The number of hydrogen-bond donors (Lipinski definition) is 0. The van der Waals surface area contributed by atoms with Gasteiger partial charge >= 0.3 is 0 Å². The van der Waals surface area contributed by atoms with E-state index in [4.69, 9.17) is 4.74 Å². The van der Waals surface area contributed by atoms with Crippen molar-refractivity contribution in [2.45, 2.75) is 59.8 Å². The molecule has 0 N–H and O–H groups in total. The Bertz CT molecular complexity index is 174. The summed E-state index contributed by atoms with van der Waals surface area (Å²) in [6, 6.07) is 0. The van der Waals surface area contributed by atoms with E-state index in [-0.39, 0.29) is 5.78 Å². The lowest BCUT2D eigenvalue weighted by Crippen LogP contribution is -2.11. The van der Waals surface area contributed by atoms with E-state index < -0.39 is 0 Å². The molecule has 0 unspecified atom stereocenters. The van der Waals surface area contributed by atoms with E-state index in [1.165, 1.54) is 19.3 Å². The molecule has 0 spiro atoms. The molecule has 0 aromatic rings. The van der Waals surface area contributed by atoms with Crippen molar-refractivity contribution in [2.24, 2.45) is 11.8 Å². The second kappa shape index (κ2) is 9.83. The summed E-state index contributed by atoms with van der Waals surface area (Å²) in [4.78, 5) is 11.3. The van der Waals surface area contributed by atoms with Gasteiger partial charge in [-0.05, 0) is 18.3 Å². The molecular weight excluding hydrogens is 200 g/mol. The van der Waals surface area contributed by atoms with Crippen LogP contribution in [0.25, 0.3) is 0 Å². The minimum atomic E-state index is 0.234. The maximum absolute atomic E-state index is 11.3. The Morgan fingerprint density at radius 1 is 1.00 bits per heavy atom. The Morgan fingerprint density at radius 3 is 2.25 bits per heavy atom. The van der Waals surface area contributed by atoms with Crippen LogP contribution in [-0.2, 0) is 9.53 Å². The predicted molar refractivity (Wildman–Crippen MR) is 68.6 cm³/mol. The Balaban J connectivity index is 3.18. The van der Waals surface area contributed by atoms with Crippen LogP contribution in [0.2, 0.25) is 0 Å². The highest BCUT2D eigenvalue weighted by Gasteiger charge is 2.04. The molecule has 0 aliphatic heterocycles. The molecule has 0 radical (unpaired) electrons. The number of hydrogen-bond acceptors (Lipinski definition) is 2. The molecule has 0 aromatic heterocycles. The molecule has 0 rings (SSSR count). The third kappa shape index (κ3) is 11.7. The monoisotopic (exact) mass is 228 g/mol. The van der Waals surface area contributed by atoms with Gasteiger partial charge in [-0.25, -0.2) is 0 Å². The molecule has 0 aromatic carbocycles. The van der Waals surface area contributed by atoms with Crippen molar-refractivity contribution >= 4 is 5.78 Å². The van der Waals surface area contributed by atoms with Gasteiger partial charge in [0.1, 0.15) is 6.61 Å². The zero-order valence-electron chi connectivity index (χ0n) is 11.4. The molecule has 96 valence electrons. The summed E-state index contributed by atoms with van der Waals surface area (Å²) in [6.07, 6.45) is 5.53. The van der Waals surface area contributed by atoms with Gasteiger partial charge in [0.25, 0.3) is 0 Å². The van der Waals surface area contributed by atoms with Crippen molar-refractivity contribution in [1.82, 2.24) is 0 Å². The summed E-state index contributed by atoms with van der Waals surface area (Å²) >= 11 is 0. The maximum Gasteiger partial charge on any atom is 0.158 e. The number of ether oxygens (including phenoxy) is 1. The smallest absolute Gasteiger partial charge is 0.158 e. The second-order valence-corrected chi connectivity index (χ2v) is 5.43. The van der Waals surface area contributed by atoms with Crippen LogP contribution in [0, 0.1) is 11.8 Å². The molecule has 0 amide bonds. The van der Waals surface area contributed by atoms with Crippen molar-refractivity contribution in [1.29, 1.82) is 0 Å². The minimum absolute atomic E-state index is 0.234. The molecular formula is C14H28O2. The normalized spacial score (nSPS) is 11.4. The topological polar surface area (TPSA) is 26.3 Å². The second-order valence-electron chi connectivity index (χ2n) is 5.43. The number of unbranched alkanes of at least 4 members (excludes halogenated alkanes) is 2. The Hall–Kier alpha value is -0.370. The predicted octanol–water partition coefficient (Wildman–Crippen LogP) is 3.83. The van der Waals surface area contributed by atoms with Crippen molar-refractivity contribution in [2.75, 3.05) is 13.2 Å². The van der Waals surface area contributed by atoms with E-state index in [0.29, 0.717) is 18.9 Å². The van der Waals surface area contributed by atoms with Crippen LogP contribution in [-0.4, -0.2) is 19.0 Å². The first kappa shape index (κ1) is 15.6. The fourth-order valence-corrected chi connectivity index (χ4v) is 1.63. The van der Waals surface area contributed by atoms with Gasteiger partial charge in [0.2, 0.25) is 0 Å². The van der Waals surface area contributed by atoms with E-state index in [9.17, 15) is 4.79 Å². The summed E-state index contributed by atoms with van der Waals surface area (Å²) in [6.45, 7) is 9.67. The lowest BCUT2D eigenvalue weighted by Gasteiger charge is -2.06. The quantitative estimate of drug-likeness (QED) is 0.531. The van der Waals surface area contributed by atoms with Gasteiger partial charge in [0.15, 0.2) is 5.78 Å². The first-order valence-corrected chi connectivity index (χ1v) is 6.61. The third-order valence-electron chi connectivity index (χ3n) is 2.47. The van der Waals surface area contributed by atoms with Crippen LogP contribution in [0.5, 0.6) is 0 Å². The third-order valence-corrected chi connectivity index (χ3v) is 2.47. The van der Waals surface area contributed by atoms with Gasteiger partial charge in [-0.15, -0.1) is 0 Å². The van der Waals surface area contributed by atoms with E-state index in [2.05, 4.69) is 27.7 Å². The molecule has 16 heavy (non-hydrogen) atoms. The molecule has 0 aliphatic rings. The van der Waals surface area contributed by atoms with E-state index in [1.807, 2.05) is 0 Å². The van der Waals surface area contributed by atoms with Crippen molar-refractivity contribution < 1.29 is 9.53 Å². The van der Waals surface area contributed by atoms with Crippen LogP contribution in [0.3, 0.4) is 0 Å². The summed E-state index contributed by atoms with van der Waals surface area (Å²) < 4.78 is 5.35. The van der Waals surface area contributed by atoms with Gasteiger partial charge in [-0.1, -0.05) is 47.0 Å². The molecule has 0 bridgehead atoms. The van der Waals surface area contributed by atoms with Crippen LogP contribution in [0.15, 0.2) is 0 Å². The van der Waals surface area contributed by atoms with Crippen LogP contribution in [0.4, 0.5) is 0 Å². The van der Waals surface area contributed by atoms with E-state index >= 15 is 0 Å². The Morgan fingerprint density at radius 2 is 1.69 bits per heavy atom. The number of carbonyl (C=O) groups excluding carboxylic acids is 1. The summed E-state index contributed by atoms with van der Waals surface area (Å²) in [7, 11) is 0. The zero-order chi connectivity index (χ0) is 12.4. The van der Waals surface area contributed by atoms with Gasteiger partial charge in [-0.3, -0.25) is 4.79 Å². The first-order valence-electron chi connectivity index (χ1n) is 6.61. The summed E-state index contributed by atoms with van der Waals surface area (Å²) in [5, 5.41) is 0. The highest BCUT2D eigenvalue weighted by Crippen LogP contribution is 2.08. The fraction of sp³-hybridized carbons (Fsp3) is 0.929. The Kier molecular flexibility index (Phi) is 9.60. The first-order chi connectivity index (χ1) is 7.52. The van der Waals surface area contributed by atoms with Gasteiger partial charge in [0.05, 0.1) is 0 Å². The summed E-state index contributed by atoms with van der Waals surface area (Å²) in [5.41, 5.74) is 0. The SMILES string of the molecule is CC(C)CCCCCOCC(=O)CC(C)C. The molecule has 0 saturated heterocycles. The van der Waals surface area contributed by atoms with Gasteiger partial charge in [-0.2, -0.15) is 0 Å². The van der Waals surface area contributed by atoms with E-state index in [1.54, 1.807) is 0 Å². The van der Waals surface area contributed by atoms with Gasteiger partial charge in [0, 0.05) is 13.0 Å². The highest BCUT2D eigenvalue weighted by atomic mass is 16.5. The van der Waals surface area contributed by atoms with E-state index in [0.717, 1.165) is 18.9 Å². The van der Waals surface area contributed by atoms with Gasteiger partial charge < -0.3 is 4.74 Å². The zero-order valence-corrected chi connectivity index (χ0v) is 11.4. The average molecular weight is 228 g/mol. The standard InChI is InChI=1S/C14H28O2/c1-12(2)8-6-5-7-9-16-11-14(15)10-13(3)4/h12-13H,5-11H2,1-4H3. The van der Waals surface area contributed by atoms with Crippen LogP contribution in [0.1, 0.15) is 59.8 Å². The number of carbonyl (C=O) groups is 1. The molecule has 2 nitrogen and oxygen atoms in total. The maximum atomic E-state index is 11.3.